The lowest BCUT2D eigenvalue weighted by molar-refractivity contribution is -0.120. The smallest absolute Gasteiger partial charge is 0.234 e. The van der Waals surface area contributed by atoms with Crippen molar-refractivity contribution in [2.24, 2.45) is 0 Å². The first-order chi connectivity index (χ1) is 7.33. The van der Waals surface area contributed by atoms with Gasteiger partial charge in [0.25, 0.3) is 0 Å². The zero-order valence-corrected chi connectivity index (χ0v) is 8.49. The summed E-state index contributed by atoms with van der Waals surface area (Å²) in [7, 11) is 0. The van der Waals surface area contributed by atoms with Crippen LogP contribution in [-0.4, -0.2) is 19.0 Å². The average molecular weight is 202 g/mol. The number of hydrogen-bond donors (Lipinski definition) is 2. The van der Waals surface area contributed by atoms with Gasteiger partial charge in [-0.05, 0) is 5.56 Å². The molecule has 78 valence electrons. The maximum atomic E-state index is 11.2. The lowest BCUT2D eigenvalue weighted by Gasteiger charge is -2.04. The van der Waals surface area contributed by atoms with Crippen molar-refractivity contribution in [3.8, 4) is 12.3 Å². The molecule has 2 N–H and O–H groups in total. The summed E-state index contributed by atoms with van der Waals surface area (Å²) in [5, 5.41) is 5.61. The molecule has 3 nitrogen and oxygen atoms in total. The van der Waals surface area contributed by atoms with E-state index in [1.807, 2.05) is 30.3 Å². The third kappa shape index (κ3) is 4.84. The molecule has 0 heterocycles. The summed E-state index contributed by atoms with van der Waals surface area (Å²) in [5.74, 6) is 2.36. The fourth-order valence-corrected chi connectivity index (χ4v) is 1.11. The molecule has 0 bridgehead atoms. The van der Waals surface area contributed by atoms with Crippen molar-refractivity contribution < 1.29 is 4.79 Å². The van der Waals surface area contributed by atoms with E-state index >= 15 is 0 Å². The van der Waals surface area contributed by atoms with Crippen LogP contribution in [0.4, 0.5) is 0 Å². The second-order valence-electron chi connectivity index (χ2n) is 3.07. The maximum Gasteiger partial charge on any atom is 0.234 e. The Morgan fingerprint density at radius 1 is 1.33 bits per heavy atom. The average Bonchev–Trinajstić information content (AvgIpc) is 2.28. The standard InChI is InChI=1S/C12H14N2O/c1-2-8-13-10-12(15)14-9-11-6-4-3-5-7-11/h1,3-7,13H,8-10H2,(H,14,15). The van der Waals surface area contributed by atoms with Crippen molar-refractivity contribution in [3.63, 3.8) is 0 Å². The van der Waals surface area contributed by atoms with Crippen molar-refractivity contribution in [1.29, 1.82) is 0 Å². The highest BCUT2D eigenvalue weighted by Gasteiger charge is 1.98. The third-order valence-corrected chi connectivity index (χ3v) is 1.85. The van der Waals surface area contributed by atoms with E-state index in [4.69, 9.17) is 6.42 Å². The largest absolute Gasteiger partial charge is 0.351 e. The number of nitrogens with one attached hydrogen (secondary N) is 2. The summed E-state index contributed by atoms with van der Waals surface area (Å²) < 4.78 is 0. The van der Waals surface area contributed by atoms with Crippen molar-refractivity contribution in [2.75, 3.05) is 13.1 Å². The molecule has 0 saturated carbocycles. The van der Waals surface area contributed by atoms with Gasteiger partial charge in [0, 0.05) is 6.54 Å². The highest BCUT2D eigenvalue weighted by molar-refractivity contribution is 5.77. The van der Waals surface area contributed by atoms with Crippen molar-refractivity contribution >= 4 is 5.91 Å². The molecule has 1 rings (SSSR count). The molecule has 0 aromatic heterocycles. The van der Waals surface area contributed by atoms with Crippen LogP contribution in [0.5, 0.6) is 0 Å². The minimum Gasteiger partial charge on any atom is -0.351 e. The van der Waals surface area contributed by atoms with Gasteiger partial charge in [-0.1, -0.05) is 36.3 Å². The molecule has 1 aromatic rings. The number of carbonyl (C=O) groups is 1. The van der Waals surface area contributed by atoms with Gasteiger partial charge in [0.05, 0.1) is 13.1 Å². The third-order valence-electron chi connectivity index (χ3n) is 1.85. The number of amides is 1. The van der Waals surface area contributed by atoms with Gasteiger partial charge in [-0.25, -0.2) is 0 Å². The Morgan fingerprint density at radius 2 is 2.07 bits per heavy atom. The van der Waals surface area contributed by atoms with E-state index in [9.17, 15) is 4.79 Å². The van der Waals surface area contributed by atoms with Crippen LogP contribution in [-0.2, 0) is 11.3 Å². The molecule has 0 aliphatic carbocycles. The summed E-state index contributed by atoms with van der Waals surface area (Å²) in [6.45, 7) is 1.23. The van der Waals surface area contributed by atoms with Gasteiger partial charge in [-0.15, -0.1) is 6.42 Å². The van der Waals surface area contributed by atoms with Gasteiger partial charge in [0.15, 0.2) is 0 Å². The molecule has 0 unspecified atom stereocenters. The number of rotatable bonds is 5. The Balaban J connectivity index is 2.20. The number of carbonyl (C=O) groups excluding carboxylic acids is 1. The van der Waals surface area contributed by atoms with Gasteiger partial charge in [0.2, 0.25) is 5.91 Å². The first-order valence-electron chi connectivity index (χ1n) is 4.77. The predicted molar refractivity (Wildman–Crippen MR) is 60.0 cm³/mol. The molecule has 0 fully saturated rings. The van der Waals surface area contributed by atoms with Crippen molar-refractivity contribution in [1.82, 2.24) is 10.6 Å². The molecule has 0 aliphatic rings. The van der Waals surface area contributed by atoms with E-state index in [0.717, 1.165) is 5.56 Å². The van der Waals surface area contributed by atoms with Crippen LogP contribution in [0.3, 0.4) is 0 Å². The van der Waals surface area contributed by atoms with Crippen LogP contribution in [0.1, 0.15) is 5.56 Å². The van der Waals surface area contributed by atoms with E-state index in [0.29, 0.717) is 13.1 Å². The van der Waals surface area contributed by atoms with E-state index < -0.39 is 0 Å². The number of terminal acetylenes is 1. The Morgan fingerprint density at radius 3 is 2.73 bits per heavy atom. The summed E-state index contributed by atoms with van der Waals surface area (Å²) >= 11 is 0. The van der Waals surface area contributed by atoms with Gasteiger partial charge < -0.3 is 5.32 Å². The summed E-state index contributed by atoms with van der Waals surface area (Å²) in [5.41, 5.74) is 1.09. The molecule has 0 atom stereocenters. The molecule has 0 saturated heterocycles. The van der Waals surface area contributed by atoms with Crippen LogP contribution < -0.4 is 10.6 Å². The lowest BCUT2D eigenvalue weighted by Crippen LogP contribution is -2.33. The van der Waals surface area contributed by atoms with Crippen LogP contribution in [0.15, 0.2) is 30.3 Å². The second kappa shape index (κ2) is 6.63. The SMILES string of the molecule is C#CCNCC(=O)NCc1ccccc1. The van der Waals surface area contributed by atoms with Gasteiger partial charge >= 0.3 is 0 Å². The van der Waals surface area contributed by atoms with Crippen LogP contribution in [0, 0.1) is 12.3 Å². The number of benzene rings is 1. The molecule has 1 amide bonds. The topological polar surface area (TPSA) is 41.1 Å². The van der Waals surface area contributed by atoms with Crippen LogP contribution in [0.25, 0.3) is 0 Å². The van der Waals surface area contributed by atoms with Crippen LogP contribution in [0.2, 0.25) is 0 Å². The molecule has 0 radical (unpaired) electrons. The summed E-state index contributed by atoms with van der Waals surface area (Å²) in [6.07, 6.45) is 5.04. The van der Waals surface area contributed by atoms with Gasteiger partial charge in [-0.2, -0.15) is 0 Å². The molecule has 1 aromatic carbocycles. The Bertz CT molecular complexity index is 340. The number of hydrogen-bond acceptors (Lipinski definition) is 2. The highest BCUT2D eigenvalue weighted by atomic mass is 16.1. The molecule has 15 heavy (non-hydrogen) atoms. The van der Waals surface area contributed by atoms with Gasteiger partial charge in [0.1, 0.15) is 0 Å². The fourth-order valence-electron chi connectivity index (χ4n) is 1.11. The fraction of sp³-hybridized carbons (Fsp3) is 0.250. The lowest BCUT2D eigenvalue weighted by atomic mass is 10.2. The molecule has 3 heteroatoms. The zero-order chi connectivity index (χ0) is 10.9. The van der Waals surface area contributed by atoms with E-state index in [1.54, 1.807) is 0 Å². The minimum atomic E-state index is -0.0471. The van der Waals surface area contributed by atoms with Gasteiger partial charge in [-0.3, -0.25) is 10.1 Å². The first kappa shape index (κ1) is 11.3. The monoisotopic (exact) mass is 202 g/mol. The normalized spacial score (nSPS) is 9.27. The summed E-state index contributed by atoms with van der Waals surface area (Å²) in [4.78, 5) is 11.2. The highest BCUT2D eigenvalue weighted by Crippen LogP contribution is 1.96. The second-order valence-corrected chi connectivity index (χ2v) is 3.07. The molecular weight excluding hydrogens is 188 g/mol. The zero-order valence-electron chi connectivity index (χ0n) is 8.49. The summed E-state index contributed by atoms with van der Waals surface area (Å²) in [6, 6.07) is 9.76. The first-order valence-corrected chi connectivity index (χ1v) is 4.77. The van der Waals surface area contributed by atoms with E-state index in [1.165, 1.54) is 0 Å². The maximum absolute atomic E-state index is 11.2. The Hall–Kier alpha value is -1.79. The minimum absolute atomic E-state index is 0.0471. The van der Waals surface area contributed by atoms with Crippen molar-refractivity contribution in [2.45, 2.75) is 6.54 Å². The van der Waals surface area contributed by atoms with Crippen molar-refractivity contribution in [3.05, 3.63) is 35.9 Å². The molecular formula is C12H14N2O. The quantitative estimate of drug-likeness (QED) is 0.540. The molecule has 0 spiro atoms. The van der Waals surface area contributed by atoms with Crippen LogP contribution >= 0.6 is 0 Å². The Kier molecular flexibility index (Phi) is 4.99. The Labute approximate surface area is 89.9 Å². The van der Waals surface area contributed by atoms with E-state index in [-0.39, 0.29) is 12.5 Å². The van der Waals surface area contributed by atoms with E-state index in [2.05, 4.69) is 16.6 Å². The predicted octanol–water partition coefficient (Wildman–Crippen LogP) is 0.526. The molecule has 0 aliphatic heterocycles.